The normalized spacial score (nSPS) is 14.2. The monoisotopic (exact) mass is 276 g/mol. The number of para-hydroxylation sites is 2. The van der Waals surface area contributed by atoms with Gasteiger partial charge in [-0.1, -0.05) is 25.5 Å². The Morgan fingerprint density at radius 2 is 2.05 bits per heavy atom. The van der Waals surface area contributed by atoms with Gasteiger partial charge in [-0.05, 0) is 32.4 Å². The predicted octanol–water partition coefficient (Wildman–Crippen LogP) is 2.46. The predicted molar refractivity (Wildman–Crippen MR) is 77.7 cm³/mol. The highest BCUT2D eigenvalue weighted by Crippen LogP contribution is 2.16. The second-order valence-corrected chi connectivity index (χ2v) is 5.08. The lowest BCUT2D eigenvalue weighted by atomic mass is 10.2. The number of carbonyl (C=O) groups is 1. The van der Waals surface area contributed by atoms with Crippen LogP contribution in [0.5, 0.6) is 0 Å². The summed E-state index contributed by atoms with van der Waals surface area (Å²) < 4.78 is 6.54. The fourth-order valence-electron chi connectivity index (χ4n) is 2.34. The summed E-state index contributed by atoms with van der Waals surface area (Å²) in [7, 11) is 0. The van der Waals surface area contributed by atoms with E-state index in [0.717, 1.165) is 12.8 Å². The van der Waals surface area contributed by atoms with Gasteiger partial charge in [-0.3, -0.25) is 9.36 Å². The highest BCUT2D eigenvalue weighted by atomic mass is 16.4. The van der Waals surface area contributed by atoms with Gasteiger partial charge in [0.05, 0.1) is 5.52 Å². The van der Waals surface area contributed by atoms with Crippen molar-refractivity contribution in [2.45, 2.75) is 45.7 Å². The summed E-state index contributed by atoms with van der Waals surface area (Å²) in [6.07, 6.45) is 1.92. The molecule has 1 aromatic carbocycles. The van der Waals surface area contributed by atoms with Crippen molar-refractivity contribution >= 4 is 17.0 Å². The molecule has 1 heterocycles. The van der Waals surface area contributed by atoms with Crippen LogP contribution in [0.25, 0.3) is 11.1 Å². The summed E-state index contributed by atoms with van der Waals surface area (Å²) in [5, 5.41) is 2.92. The molecule has 1 N–H and O–H groups in total. The van der Waals surface area contributed by atoms with Crippen molar-refractivity contribution < 1.29 is 9.21 Å². The highest BCUT2D eigenvalue weighted by molar-refractivity contribution is 5.83. The molecule has 1 amide bonds. The summed E-state index contributed by atoms with van der Waals surface area (Å²) in [6.45, 7) is 5.74. The number of carbonyl (C=O) groups excluding carboxylic acids is 1. The largest absolute Gasteiger partial charge is 0.420 e. The van der Waals surface area contributed by atoms with Gasteiger partial charge in [-0.15, -0.1) is 0 Å². The first-order chi connectivity index (χ1) is 9.54. The summed E-state index contributed by atoms with van der Waals surface area (Å²) in [4.78, 5) is 24.1. The Morgan fingerprint density at radius 1 is 1.35 bits per heavy atom. The van der Waals surface area contributed by atoms with Crippen molar-refractivity contribution in [3.8, 4) is 0 Å². The lowest BCUT2D eigenvalue weighted by Gasteiger charge is -2.17. The van der Waals surface area contributed by atoms with Crippen molar-refractivity contribution in [2.24, 2.45) is 0 Å². The first kappa shape index (κ1) is 14.4. The Balaban J connectivity index is 2.27. The van der Waals surface area contributed by atoms with Crippen LogP contribution in [-0.2, 0) is 4.79 Å². The van der Waals surface area contributed by atoms with E-state index in [1.807, 2.05) is 13.0 Å². The number of oxazole rings is 1. The molecule has 5 nitrogen and oxygen atoms in total. The molecule has 0 aliphatic carbocycles. The Morgan fingerprint density at radius 3 is 2.75 bits per heavy atom. The molecule has 2 atom stereocenters. The Bertz CT molecular complexity index is 656. The molecule has 20 heavy (non-hydrogen) atoms. The molecule has 2 rings (SSSR count). The number of nitrogens with one attached hydrogen (secondary N) is 1. The second kappa shape index (κ2) is 5.94. The van der Waals surface area contributed by atoms with E-state index in [1.54, 1.807) is 25.1 Å². The maximum Gasteiger partial charge on any atom is 0.420 e. The molecule has 108 valence electrons. The first-order valence-corrected chi connectivity index (χ1v) is 6.95. The number of hydrogen-bond acceptors (Lipinski definition) is 3. The van der Waals surface area contributed by atoms with E-state index >= 15 is 0 Å². The van der Waals surface area contributed by atoms with E-state index in [1.165, 1.54) is 4.57 Å². The Kier molecular flexibility index (Phi) is 4.27. The molecule has 1 aromatic heterocycles. The van der Waals surface area contributed by atoms with E-state index in [9.17, 15) is 9.59 Å². The summed E-state index contributed by atoms with van der Waals surface area (Å²) in [5.41, 5.74) is 1.14. The zero-order valence-electron chi connectivity index (χ0n) is 12.1. The number of benzene rings is 1. The van der Waals surface area contributed by atoms with Gasteiger partial charge in [0.2, 0.25) is 5.91 Å². The van der Waals surface area contributed by atoms with Crippen LogP contribution in [0, 0.1) is 0 Å². The third-order valence-corrected chi connectivity index (χ3v) is 3.40. The van der Waals surface area contributed by atoms with E-state index in [-0.39, 0.29) is 11.9 Å². The van der Waals surface area contributed by atoms with E-state index in [0.29, 0.717) is 11.1 Å². The van der Waals surface area contributed by atoms with Crippen LogP contribution in [-0.4, -0.2) is 16.5 Å². The number of rotatable bonds is 5. The minimum atomic E-state index is -0.592. The molecule has 5 heteroatoms. The fourth-order valence-corrected chi connectivity index (χ4v) is 2.34. The summed E-state index contributed by atoms with van der Waals surface area (Å²) >= 11 is 0. The summed E-state index contributed by atoms with van der Waals surface area (Å²) in [5.74, 6) is -0.670. The van der Waals surface area contributed by atoms with Crippen molar-refractivity contribution in [1.82, 2.24) is 9.88 Å². The minimum Gasteiger partial charge on any atom is -0.408 e. The third-order valence-electron chi connectivity index (χ3n) is 3.40. The Hall–Kier alpha value is -2.04. The van der Waals surface area contributed by atoms with Gasteiger partial charge in [0.1, 0.15) is 6.04 Å². The van der Waals surface area contributed by atoms with Crippen LogP contribution < -0.4 is 11.1 Å². The number of amides is 1. The highest BCUT2D eigenvalue weighted by Gasteiger charge is 2.21. The zero-order chi connectivity index (χ0) is 14.7. The maximum atomic E-state index is 12.2. The van der Waals surface area contributed by atoms with Crippen molar-refractivity contribution in [3.63, 3.8) is 0 Å². The second-order valence-electron chi connectivity index (χ2n) is 5.08. The topological polar surface area (TPSA) is 64.2 Å². The summed E-state index contributed by atoms with van der Waals surface area (Å²) in [6, 6.07) is 6.62. The zero-order valence-corrected chi connectivity index (χ0v) is 12.1. The van der Waals surface area contributed by atoms with Crippen LogP contribution in [0.15, 0.2) is 33.5 Å². The number of fused-ring (bicyclic) bond motifs is 1. The quantitative estimate of drug-likeness (QED) is 0.912. The average molecular weight is 276 g/mol. The minimum absolute atomic E-state index is 0.101. The SMILES string of the molecule is CCC[C@@H](C)NC(=O)[C@H](C)n1c(=O)oc2ccccc21. The molecule has 0 bridgehead atoms. The van der Waals surface area contributed by atoms with Gasteiger partial charge in [-0.2, -0.15) is 0 Å². The van der Waals surface area contributed by atoms with Crippen molar-refractivity contribution in [3.05, 3.63) is 34.8 Å². The molecule has 0 radical (unpaired) electrons. The van der Waals surface area contributed by atoms with E-state index < -0.39 is 11.8 Å². The van der Waals surface area contributed by atoms with Gasteiger partial charge in [0, 0.05) is 6.04 Å². The van der Waals surface area contributed by atoms with Gasteiger partial charge >= 0.3 is 5.76 Å². The fraction of sp³-hybridized carbons (Fsp3) is 0.467. The smallest absolute Gasteiger partial charge is 0.408 e. The van der Waals surface area contributed by atoms with Crippen LogP contribution in [0.3, 0.4) is 0 Å². The van der Waals surface area contributed by atoms with Crippen LogP contribution >= 0.6 is 0 Å². The number of nitrogens with zero attached hydrogens (tertiary/aromatic N) is 1. The molecule has 2 aromatic rings. The van der Waals surface area contributed by atoms with Crippen molar-refractivity contribution in [1.29, 1.82) is 0 Å². The molecule has 0 unspecified atom stereocenters. The number of aromatic nitrogens is 1. The van der Waals surface area contributed by atoms with Crippen molar-refractivity contribution in [2.75, 3.05) is 0 Å². The van der Waals surface area contributed by atoms with Gasteiger partial charge in [0.25, 0.3) is 0 Å². The van der Waals surface area contributed by atoms with Crippen LogP contribution in [0.2, 0.25) is 0 Å². The number of hydrogen-bond donors (Lipinski definition) is 1. The van der Waals surface area contributed by atoms with Gasteiger partial charge < -0.3 is 9.73 Å². The van der Waals surface area contributed by atoms with E-state index in [2.05, 4.69) is 12.2 Å². The maximum absolute atomic E-state index is 12.2. The standard InChI is InChI=1S/C15H20N2O3/c1-4-7-10(2)16-14(18)11(3)17-12-8-5-6-9-13(12)20-15(17)19/h5-6,8-11H,4,7H2,1-3H3,(H,16,18)/t10-,11+/m1/s1. The molecular weight excluding hydrogens is 256 g/mol. The van der Waals surface area contributed by atoms with Crippen LogP contribution in [0.1, 0.15) is 39.7 Å². The Labute approximate surface area is 117 Å². The lowest BCUT2D eigenvalue weighted by Crippen LogP contribution is -2.39. The molecule has 0 fully saturated rings. The average Bonchev–Trinajstić information content (AvgIpc) is 2.73. The van der Waals surface area contributed by atoms with E-state index in [4.69, 9.17) is 4.42 Å². The van der Waals surface area contributed by atoms with Crippen LogP contribution in [0.4, 0.5) is 0 Å². The molecular formula is C15H20N2O3. The molecule has 0 saturated heterocycles. The third kappa shape index (κ3) is 2.76. The molecule has 0 spiro atoms. The first-order valence-electron chi connectivity index (χ1n) is 6.95. The van der Waals surface area contributed by atoms with Gasteiger partial charge in [0.15, 0.2) is 5.58 Å². The molecule has 0 aliphatic rings. The molecule has 0 aliphatic heterocycles. The molecule has 0 saturated carbocycles. The van der Waals surface area contributed by atoms with Gasteiger partial charge in [-0.25, -0.2) is 4.79 Å². The lowest BCUT2D eigenvalue weighted by molar-refractivity contribution is -0.124.